The highest BCUT2D eigenvalue weighted by molar-refractivity contribution is 5.83. The van der Waals surface area contributed by atoms with Gasteiger partial charge in [0.25, 0.3) is 0 Å². The van der Waals surface area contributed by atoms with Gasteiger partial charge < -0.3 is 0 Å². The predicted molar refractivity (Wildman–Crippen MR) is 110 cm³/mol. The monoisotopic (exact) mass is 362 g/mol. The molecule has 0 N–H and O–H groups in total. The zero-order valence-electron chi connectivity index (χ0n) is 15.2. The first kappa shape index (κ1) is 15.5. The standard InChI is InChI=1S/C24H18N4/c1-2-7-17(8-3-1)22-12-13-23-25-26-24(28(23)27-22)21-15-20(21)19-11-10-16-6-4-5-9-18(16)14-19/h1-14,20-21H,15H2/t20-,21+/m1/s1. The van der Waals surface area contributed by atoms with Crippen molar-refractivity contribution in [3.63, 3.8) is 0 Å². The molecule has 0 unspecified atom stereocenters. The van der Waals surface area contributed by atoms with Gasteiger partial charge in [-0.05, 0) is 40.8 Å². The summed E-state index contributed by atoms with van der Waals surface area (Å²) in [4.78, 5) is 0. The van der Waals surface area contributed by atoms with Crippen LogP contribution in [0.15, 0.2) is 84.9 Å². The first-order valence-electron chi connectivity index (χ1n) is 9.63. The fourth-order valence-electron chi connectivity index (χ4n) is 4.09. The minimum Gasteiger partial charge on any atom is -0.196 e. The molecular weight excluding hydrogens is 344 g/mol. The van der Waals surface area contributed by atoms with E-state index in [0.717, 1.165) is 29.1 Å². The molecule has 0 saturated heterocycles. The maximum atomic E-state index is 4.84. The van der Waals surface area contributed by atoms with Crippen molar-refractivity contribution in [1.82, 2.24) is 19.8 Å². The molecule has 4 nitrogen and oxygen atoms in total. The van der Waals surface area contributed by atoms with E-state index in [0.29, 0.717) is 11.8 Å². The van der Waals surface area contributed by atoms with Gasteiger partial charge in [-0.15, -0.1) is 10.2 Å². The van der Waals surface area contributed by atoms with Gasteiger partial charge in [-0.2, -0.15) is 9.61 Å². The molecule has 0 aliphatic heterocycles. The van der Waals surface area contributed by atoms with Crippen LogP contribution in [0.25, 0.3) is 27.7 Å². The summed E-state index contributed by atoms with van der Waals surface area (Å²) in [5, 5.41) is 16.2. The summed E-state index contributed by atoms with van der Waals surface area (Å²) in [5.41, 5.74) is 4.22. The van der Waals surface area contributed by atoms with Crippen LogP contribution in [0.3, 0.4) is 0 Å². The van der Waals surface area contributed by atoms with E-state index in [9.17, 15) is 0 Å². The quantitative estimate of drug-likeness (QED) is 0.442. The van der Waals surface area contributed by atoms with Gasteiger partial charge in [0.1, 0.15) is 0 Å². The molecule has 28 heavy (non-hydrogen) atoms. The normalized spacial score (nSPS) is 18.6. The first-order valence-corrected chi connectivity index (χ1v) is 9.63. The number of hydrogen-bond acceptors (Lipinski definition) is 3. The Labute approximate surface area is 162 Å². The van der Waals surface area contributed by atoms with Crippen molar-refractivity contribution in [3.05, 3.63) is 96.3 Å². The molecule has 134 valence electrons. The van der Waals surface area contributed by atoms with Crippen molar-refractivity contribution in [2.75, 3.05) is 0 Å². The van der Waals surface area contributed by atoms with Crippen molar-refractivity contribution in [3.8, 4) is 11.3 Å². The summed E-state index contributed by atoms with van der Waals surface area (Å²) in [6.07, 6.45) is 1.09. The second kappa shape index (κ2) is 5.99. The average molecular weight is 362 g/mol. The van der Waals surface area contributed by atoms with E-state index in [4.69, 9.17) is 5.10 Å². The van der Waals surface area contributed by atoms with Crippen LogP contribution in [0.4, 0.5) is 0 Å². The lowest BCUT2D eigenvalue weighted by molar-refractivity contribution is 0.803. The summed E-state index contributed by atoms with van der Waals surface area (Å²) in [6, 6.07) is 29.5. The van der Waals surface area contributed by atoms with Gasteiger partial charge in [-0.25, -0.2) is 0 Å². The SMILES string of the molecule is c1ccc(-c2ccc3nnc([C@H]4C[C@@H]4c4ccc5ccccc5c4)n3n2)cc1. The van der Waals surface area contributed by atoms with Gasteiger partial charge in [0.2, 0.25) is 0 Å². The fraction of sp³-hybridized carbons (Fsp3) is 0.125. The third-order valence-corrected chi connectivity index (χ3v) is 5.68. The predicted octanol–water partition coefficient (Wildman–Crippen LogP) is 5.22. The highest BCUT2D eigenvalue weighted by Gasteiger charge is 2.43. The van der Waals surface area contributed by atoms with Crippen molar-refractivity contribution in [2.45, 2.75) is 18.3 Å². The fourth-order valence-corrected chi connectivity index (χ4v) is 4.09. The van der Waals surface area contributed by atoms with Crippen LogP contribution in [0.2, 0.25) is 0 Å². The van der Waals surface area contributed by atoms with E-state index in [2.05, 4.69) is 64.8 Å². The molecule has 4 heteroatoms. The van der Waals surface area contributed by atoms with E-state index in [1.807, 2.05) is 34.8 Å². The van der Waals surface area contributed by atoms with Crippen LogP contribution < -0.4 is 0 Å². The molecule has 5 aromatic rings. The molecule has 6 rings (SSSR count). The summed E-state index contributed by atoms with van der Waals surface area (Å²) in [7, 11) is 0. The number of rotatable bonds is 3. The van der Waals surface area contributed by atoms with Gasteiger partial charge in [-0.1, -0.05) is 72.8 Å². The molecule has 1 aliphatic carbocycles. The molecule has 2 aromatic heterocycles. The highest BCUT2D eigenvalue weighted by Crippen LogP contribution is 2.54. The van der Waals surface area contributed by atoms with E-state index >= 15 is 0 Å². The summed E-state index contributed by atoms with van der Waals surface area (Å²) < 4.78 is 1.92. The van der Waals surface area contributed by atoms with Gasteiger partial charge in [0, 0.05) is 11.5 Å². The van der Waals surface area contributed by atoms with E-state index in [-0.39, 0.29) is 0 Å². The van der Waals surface area contributed by atoms with Gasteiger partial charge in [0.15, 0.2) is 11.5 Å². The minimum absolute atomic E-state index is 0.370. The van der Waals surface area contributed by atoms with Gasteiger partial charge in [-0.3, -0.25) is 0 Å². The third-order valence-electron chi connectivity index (χ3n) is 5.68. The molecule has 0 bridgehead atoms. The molecule has 0 amide bonds. The lowest BCUT2D eigenvalue weighted by Crippen LogP contribution is -2.00. The molecular formula is C24H18N4. The Morgan fingerprint density at radius 3 is 2.43 bits per heavy atom. The van der Waals surface area contributed by atoms with Crippen LogP contribution in [0.1, 0.15) is 29.6 Å². The van der Waals surface area contributed by atoms with E-state index < -0.39 is 0 Å². The van der Waals surface area contributed by atoms with Gasteiger partial charge in [0.05, 0.1) is 5.69 Å². The van der Waals surface area contributed by atoms with Crippen LogP contribution in [0.5, 0.6) is 0 Å². The Morgan fingerprint density at radius 1 is 0.714 bits per heavy atom. The Hall–Kier alpha value is -3.53. The van der Waals surface area contributed by atoms with E-state index in [1.54, 1.807) is 0 Å². The number of fused-ring (bicyclic) bond motifs is 2. The maximum absolute atomic E-state index is 4.84. The second-order valence-corrected chi connectivity index (χ2v) is 7.47. The molecule has 0 spiro atoms. The van der Waals surface area contributed by atoms with Crippen LogP contribution >= 0.6 is 0 Å². The molecule has 2 atom stereocenters. The van der Waals surface area contributed by atoms with E-state index in [1.165, 1.54) is 16.3 Å². The average Bonchev–Trinajstić information content (AvgIpc) is 3.45. The Kier molecular flexibility index (Phi) is 3.32. The lowest BCUT2D eigenvalue weighted by atomic mass is 10.0. The zero-order chi connectivity index (χ0) is 18.5. The molecule has 1 saturated carbocycles. The molecule has 2 heterocycles. The molecule has 1 fully saturated rings. The summed E-state index contributed by atoms with van der Waals surface area (Å²) >= 11 is 0. The lowest BCUT2D eigenvalue weighted by Gasteiger charge is -2.04. The topological polar surface area (TPSA) is 43.1 Å². The van der Waals surface area contributed by atoms with Crippen LogP contribution in [0, 0.1) is 0 Å². The number of nitrogens with zero attached hydrogens (tertiary/aromatic N) is 4. The Bertz CT molecular complexity index is 1310. The van der Waals surface area contributed by atoms with Crippen molar-refractivity contribution in [2.24, 2.45) is 0 Å². The number of benzene rings is 3. The molecule has 3 aromatic carbocycles. The van der Waals surface area contributed by atoms with Gasteiger partial charge >= 0.3 is 0 Å². The Balaban J connectivity index is 1.37. The Morgan fingerprint density at radius 2 is 1.54 bits per heavy atom. The molecule has 0 radical (unpaired) electrons. The minimum atomic E-state index is 0.370. The smallest absolute Gasteiger partial charge is 0.177 e. The largest absolute Gasteiger partial charge is 0.196 e. The zero-order valence-corrected chi connectivity index (χ0v) is 15.2. The second-order valence-electron chi connectivity index (χ2n) is 7.47. The molecule has 1 aliphatic rings. The maximum Gasteiger partial charge on any atom is 0.177 e. The van der Waals surface area contributed by atoms with Crippen molar-refractivity contribution in [1.29, 1.82) is 0 Å². The summed E-state index contributed by atoms with van der Waals surface area (Å²) in [5.74, 6) is 1.82. The highest BCUT2D eigenvalue weighted by atomic mass is 15.4. The van der Waals surface area contributed by atoms with Crippen LogP contribution in [-0.4, -0.2) is 19.8 Å². The van der Waals surface area contributed by atoms with Crippen molar-refractivity contribution >= 4 is 16.4 Å². The first-order chi connectivity index (χ1) is 13.9. The van der Waals surface area contributed by atoms with Crippen LogP contribution in [-0.2, 0) is 0 Å². The number of hydrogen-bond donors (Lipinski definition) is 0. The van der Waals surface area contributed by atoms with Crippen molar-refractivity contribution < 1.29 is 0 Å². The number of aromatic nitrogens is 4. The third kappa shape index (κ3) is 2.49. The summed E-state index contributed by atoms with van der Waals surface area (Å²) in [6.45, 7) is 0.